The third-order valence-corrected chi connectivity index (χ3v) is 9.61. The molecule has 188 valence electrons. The molecule has 0 bridgehead atoms. The Bertz CT molecular complexity index is 1750. The van der Waals surface area contributed by atoms with Crippen LogP contribution in [-0.2, 0) is 23.6 Å². The minimum Gasteiger partial charge on any atom is -0.464 e. The number of aromatic nitrogens is 4. The molecular formula is C22H20FN5O6S2. The number of sulfonamides is 1. The standard InChI is InChI=1S/C22H20FN5O6S2/c1-22(7-8-22)28(21(31)32)36(33,34)17-9-16-18(29)26(12-13-10-24-25(2)11-13)20(30)27(19(16)35-17)15-5-3-14(23)4-6-15/h3-6,9-11H,7-8,12H2,1-2H3,(H,31,32). The highest BCUT2D eigenvalue weighted by atomic mass is 32.2. The Labute approximate surface area is 207 Å². The van der Waals surface area contributed by atoms with E-state index in [-0.39, 0.29) is 26.7 Å². The normalized spacial score (nSPS) is 14.8. The van der Waals surface area contributed by atoms with Crippen molar-refractivity contribution in [3.05, 3.63) is 74.9 Å². The summed E-state index contributed by atoms with van der Waals surface area (Å²) < 4.78 is 44.0. The molecule has 1 fully saturated rings. The number of carboxylic acid groups (broad SMARTS) is 1. The maximum atomic E-state index is 13.6. The van der Waals surface area contributed by atoms with Crippen LogP contribution in [0, 0.1) is 5.82 Å². The summed E-state index contributed by atoms with van der Waals surface area (Å²) in [6, 6.07) is 6.03. The van der Waals surface area contributed by atoms with E-state index in [4.69, 9.17) is 0 Å². The average Bonchev–Trinajstić information content (AvgIpc) is 3.19. The van der Waals surface area contributed by atoms with E-state index < -0.39 is 38.7 Å². The van der Waals surface area contributed by atoms with Crippen LogP contribution in [0.25, 0.3) is 15.9 Å². The Morgan fingerprint density at radius 1 is 1.25 bits per heavy atom. The largest absolute Gasteiger partial charge is 0.464 e. The molecule has 0 atom stereocenters. The van der Waals surface area contributed by atoms with Gasteiger partial charge in [-0.2, -0.15) is 17.8 Å². The number of benzene rings is 1. The molecule has 5 rings (SSSR count). The number of aryl methyl sites for hydroxylation is 1. The first-order valence-corrected chi connectivity index (χ1v) is 13.0. The van der Waals surface area contributed by atoms with E-state index in [2.05, 4.69) is 5.10 Å². The van der Waals surface area contributed by atoms with E-state index in [0.29, 0.717) is 34.0 Å². The van der Waals surface area contributed by atoms with Crippen LogP contribution in [0.5, 0.6) is 0 Å². The number of rotatable bonds is 6. The number of hydrogen-bond acceptors (Lipinski definition) is 7. The number of nitrogens with zero attached hydrogens (tertiary/aromatic N) is 5. The van der Waals surface area contributed by atoms with E-state index in [9.17, 15) is 32.3 Å². The van der Waals surface area contributed by atoms with Gasteiger partial charge in [0.05, 0.1) is 29.4 Å². The first-order chi connectivity index (χ1) is 16.9. The zero-order chi connectivity index (χ0) is 26.0. The van der Waals surface area contributed by atoms with Crippen LogP contribution >= 0.6 is 11.3 Å². The summed E-state index contributed by atoms with van der Waals surface area (Å²) in [5.74, 6) is -0.545. The van der Waals surface area contributed by atoms with E-state index >= 15 is 0 Å². The molecule has 36 heavy (non-hydrogen) atoms. The van der Waals surface area contributed by atoms with Crippen molar-refractivity contribution in [2.75, 3.05) is 0 Å². The highest BCUT2D eigenvalue weighted by Gasteiger charge is 2.53. The van der Waals surface area contributed by atoms with Crippen molar-refractivity contribution in [2.45, 2.75) is 36.1 Å². The molecule has 11 nitrogen and oxygen atoms in total. The van der Waals surface area contributed by atoms with Crippen molar-refractivity contribution < 1.29 is 22.7 Å². The summed E-state index contributed by atoms with van der Waals surface area (Å²) in [6.07, 6.45) is 2.24. The zero-order valence-electron chi connectivity index (χ0n) is 19.1. The summed E-state index contributed by atoms with van der Waals surface area (Å²) in [5, 5.41) is 13.6. The molecule has 0 saturated heterocycles. The molecule has 1 amide bonds. The fourth-order valence-corrected chi connectivity index (χ4v) is 7.23. The molecule has 1 saturated carbocycles. The molecule has 0 unspecified atom stereocenters. The van der Waals surface area contributed by atoms with Crippen LogP contribution in [0.4, 0.5) is 9.18 Å². The smallest absolute Gasteiger partial charge is 0.421 e. The molecule has 4 aromatic rings. The van der Waals surface area contributed by atoms with Gasteiger partial charge in [0.15, 0.2) is 0 Å². The Hall–Kier alpha value is -3.78. The van der Waals surface area contributed by atoms with Crippen molar-refractivity contribution in [3.63, 3.8) is 0 Å². The van der Waals surface area contributed by atoms with Crippen molar-refractivity contribution in [1.29, 1.82) is 0 Å². The lowest BCUT2D eigenvalue weighted by Crippen LogP contribution is -2.43. The highest BCUT2D eigenvalue weighted by molar-refractivity contribution is 7.92. The predicted octanol–water partition coefficient (Wildman–Crippen LogP) is 2.36. The lowest BCUT2D eigenvalue weighted by atomic mass is 10.3. The Morgan fingerprint density at radius 2 is 1.92 bits per heavy atom. The van der Waals surface area contributed by atoms with Gasteiger partial charge in [0.1, 0.15) is 14.9 Å². The number of fused-ring (bicyclic) bond motifs is 1. The first kappa shape index (κ1) is 23.9. The van der Waals surface area contributed by atoms with Gasteiger partial charge in [0.25, 0.3) is 15.6 Å². The van der Waals surface area contributed by atoms with Crippen LogP contribution < -0.4 is 11.2 Å². The van der Waals surface area contributed by atoms with Gasteiger partial charge in [-0.1, -0.05) is 0 Å². The molecule has 0 aliphatic heterocycles. The minimum absolute atomic E-state index is 0.00362. The van der Waals surface area contributed by atoms with Crippen molar-refractivity contribution in [3.8, 4) is 5.69 Å². The SMILES string of the molecule is Cn1cc(Cn2c(=O)c3cc(S(=O)(=O)N(C(=O)O)C4(C)CC4)sc3n(-c3ccc(F)cc3)c2=O)cn1. The molecular weight excluding hydrogens is 513 g/mol. The van der Waals surface area contributed by atoms with Crippen LogP contribution in [0.3, 0.4) is 0 Å². The van der Waals surface area contributed by atoms with E-state index in [1.807, 2.05) is 0 Å². The number of thiophene rings is 1. The highest BCUT2D eigenvalue weighted by Crippen LogP contribution is 2.45. The molecule has 1 aromatic carbocycles. The Balaban J connectivity index is 1.78. The molecule has 3 aromatic heterocycles. The van der Waals surface area contributed by atoms with Crippen molar-refractivity contribution in [1.82, 2.24) is 23.2 Å². The Morgan fingerprint density at radius 3 is 2.47 bits per heavy atom. The lowest BCUT2D eigenvalue weighted by Gasteiger charge is -2.24. The van der Waals surface area contributed by atoms with Gasteiger partial charge >= 0.3 is 11.8 Å². The Kier molecular flexibility index (Phi) is 5.41. The second-order valence-electron chi connectivity index (χ2n) is 8.84. The molecule has 14 heteroatoms. The van der Waals surface area contributed by atoms with Crippen LogP contribution in [0.2, 0.25) is 0 Å². The quantitative estimate of drug-likeness (QED) is 0.402. The summed E-state index contributed by atoms with van der Waals surface area (Å²) in [7, 11) is -2.87. The molecule has 1 aliphatic carbocycles. The molecule has 3 heterocycles. The summed E-state index contributed by atoms with van der Waals surface area (Å²) in [5.41, 5.74) is -1.81. The number of amides is 1. The molecule has 1 N–H and O–H groups in total. The second kappa shape index (κ2) is 8.13. The third kappa shape index (κ3) is 3.82. The summed E-state index contributed by atoms with van der Waals surface area (Å²) >= 11 is 0.613. The maximum absolute atomic E-state index is 13.6. The number of carbonyl (C=O) groups is 1. The molecule has 0 spiro atoms. The third-order valence-electron chi connectivity index (χ3n) is 6.11. The van der Waals surface area contributed by atoms with E-state index in [1.165, 1.54) is 29.9 Å². The monoisotopic (exact) mass is 533 g/mol. The van der Waals surface area contributed by atoms with Gasteiger partial charge in [-0.15, -0.1) is 11.3 Å². The fraction of sp³-hybridized carbons (Fsp3) is 0.273. The average molecular weight is 534 g/mol. The van der Waals surface area contributed by atoms with Gasteiger partial charge in [0.2, 0.25) is 0 Å². The molecule has 1 aliphatic rings. The topological polar surface area (TPSA) is 136 Å². The fourth-order valence-electron chi connectivity index (χ4n) is 4.04. The maximum Gasteiger partial charge on any atom is 0.421 e. The van der Waals surface area contributed by atoms with E-state index in [1.54, 1.807) is 13.2 Å². The van der Waals surface area contributed by atoms with Crippen LogP contribution in [-0.4, -0.2) is 48.4 Å². The summed E-state index contributed by atoms with van der Waals surface area (Å²) in [6.45, 7) is 1.39. The van der Waals surface area contributed by atoms with Gasteiger partial charge in [-0.05, 0) is 50.1 Å². The first-order valence-electron chi connectivity index (χ1n) is 10.7. The van der Waals surface area contributed by atoms with Crippen LogP contribution in [0.15, 0.2) is 56.5 Å². The van der Waals surface area contributed by atoms with E-state index in [0.717, 1.165) is 27.3 Å². The van der Waals surface area contributed by atoms with Crippen LogP contribution in [0.1, 0.15) is 25.3 Å². The van der Waals surface area contributed by atoms with Gasteiger partial charge in [-0.3, -0.25) is 18.6 Å². The predicted molar refractivity (Wildman–Crippen MR) is 129 cm³/mol. The molecule has 0 radical (unpaired) electrons. The lowest BCUT2D eigenvalue weighted by molar-refractivity contribution is 0.159. The zero-order valence-corrected chi connectivity index (χ0v) is 20.7. The van der Waals surface area contributed by atoms with Gasteiger partial charge < -0.3 is 5.11 Å². The summed E-state index contributed by atoms with van der Waals surface area (Å²) in [4.78, 5) is 38.8. The van der Waals surface area contributed by atoms with Crippen molar-refractivity contribution in [2.24, 2.45) is 7.05 Å². The number of hydrogen-bond donors (Lipinski definition) is 1. The minimum atomic E-state index is -4.55. The second-order valence-corrected chi connectivity index (χ2v) is 11.9. The van der Waals surface area contributed by atoms with Crippen molar-refractivity contribution >= 4 is 37.7 Å². The van der Waals surface area contributed by atoms with Gasteiger partial charge in [-0.25, -0.2) is 14.0 Å². The van der Waals surface area contributed by atoms with Gasteiger partial charge in [0, 0.05) is 18.8 Å². The number of halogens is 1.